The molecule has 0 fully saturated rings. The van der Waals surface area contributed by atoms with Gasteiger partial charge in [-0.3, -0.25) is 4.79 Å². The van der Waals surface area contributed by atoms with Crippen LogP contribution in [0.25, 0.3) is 10.6 Å². The number of benzene rings is 1. The van der Waals surface area contributed by atoms with Crippen LogP contribution in [0.3, 0.4) is 0 Å². The fraction of sp³-hybridized carbons (Fsp3) is 0.176. The van der Waals surface area contributed by atoms with Crippen LogP contribution in [-0.2, 0) is 6.54 Å². The highest BCUT2D eigenvalue weighted by Crippen LogP contribution is 2.25. The smallest absolute Gasteiger partial charge is 0.273 e. The molecule has 0 aliphatic carbocycles. The van der Waals surface area contributed by atoms with Gasteiger partial charge >= 0.3 is 0 Å². The first-order valence-corrected chi connectivity index (χ1v) is 8.07. The lowest BCUT2D eigenvalue weighted by Gasteiger charge is -2.07. The zero-order valence-electron chi connectivity index (χ0n) is 12.5. The molecule has 0 saturated heterocycles. The summed E-state index contributed by atoms with van der Waals surface area (Å²) in [5.74, 6) is 0.308. The largest absolute Gasteiger partial charge is 0.389 e. The number of aromatic nitrogens is 1. The van der Waals surface area contributed by atoms with E-state index in [0.29, 0.717) is 12.3 Å². The van der Waals surface area contributed by atoms with E-state index >= 15 is 0 Å². The minimum absolute atomic E-state index is 0.258. The Kier molecular flexibility index (Phi) is 4.55. The summed E-state index contributed by atoms with van der Waals surface area (Å²) in [6.45, 7) is 2.10. The number of nitrogens with zero attached hydrogens (tertiary/aromatic N) is 1. The van der Waals surface area contributed by atoms with Gasteiger partial charge in [0.15, 0.2) is 11.5 Å². The topological polar surface area (TPSA) is 75.4 Å². The highest BCUT2D eigenvalue weighted by molar-refractivity contribution is 7.13. The lowest BCUT2D eigenvalue weighted by Crippen LogP contribution is -2.23. The van der Waals surface area contributed by atoms with Crippen molar-refractivity contribution in [2.24, 2.45) is 0 Å². The van der Waals surface area contributed by atoms with Crippen LogP contribution in [0.5, 0.6) is 0 Å². The van der Waals surface area contributed by atoms with E-state index in [1.807, 2.05) is 41.8 Å². The van der Waals surface area contributed by atoms with E-state index in [4.69, 9.17) is 4.52 Å². The molecule has 3 aromatic rings. The summed E-state index contributed by atoms with van der Waals surface area (Å²) >= 11 is 1.53. The molecule has 0 saturated carbocycles. The number of aliphatic hydroxyl groups is 1. The minimum atomic E-state index is -0.496. The van der Waals surface area contributed by atoms with Gasteiger partial charge in [-0.2, -0.15) is 0 Å². The number of thiophene rings is 1. The second kappa shape index (κ2) is 6.76. The molecule has 6 heteroatoms. The summed E-state index contributed by atoms with van der Waals surface area (Å²) in [7, 11) is 0. The molecule has 0 spiro atoms. The Labute approximate surface area is 137 Å². The van der Waals surface area contributed by atoms with Gasteiger partial charge in [0.2, 0.25) is 0 Å². The molecule has 2 heterocycles. The molecule has 1 amide bonds. The molecule has 0 aliphatic rings. The van der Waals surface area contributed by atoms with Gasteiger partial charge in [-0.05, 0) is 29.5 Å². The van der Waals surface area contributed by atoms with Crippen LogP contribution in [-0.4, -0.2) is 16.2 Å². The highest BCUT2D eigenvalue weighted by atomic mass is 32.1. The molecule has 1 unspecified atom stereocenters. The quantitative estimate of drug-likeness (QED) is 0.753. The summed E-state index contributed by atoms with van der Waals surface area (Å²) in [4.78, 5) is 13.0. The highest BCUT2D eigenvalue weighted by Gasteiger charge is 2.14. The van der Waals surface area contributed by atoms with Gasteiger partial charge in [-0.25, -0.2) is 0 Å². The van der Waals surface area contributed by atoms with Crippen LogP contribution in [0.15, 0.2) is 52.4 Å². The first kappa shape index (κ1) is 15.5. The van der Waals surface area contributed by atoms with Gasteiger partial charge in [0, 0.05) is 12.6 Å². The Morgan fingerprint density at radius 3 is 2.78 bits per heavy atom. The molecule has 23 heavy (non-hydrogen) atoms. The Balaban J connectivity index is 1.61. The predicted molar refractivity (Wildman–Crippen MR) is 88.1 cm³/mol. The van der Waals surface area contributed by atoms with Crippen molar-refractivity contribution in [1.82, 2.24) is 10.5 Å². The monoisotopic (exact) mass is 328 g/mol. The Morgan fingerprint density at radius 1 is 1.35 bits per heavy atom. The Morgan fingerprint density at radius 2 is 2.13 bits per heavy atom. The van der Waals surface area contributed by atoms with E-state index < -0.39 is 6.10 Å². The van der Waals surface area contributed by atoms with Crippen molar-refractivity contribution in [3.63, 3.8) is 0 Å². The molecule has 118 valence electrons. The van der Waals surface area contributed by atoms with Crippen LogP contribution in [0.4, 0.5) is 0 Å². The molecule has 3 rings (SSSR count). The molecule has 1 aromatic carbocycles. The zero-order chi connectivity index (χ0) is 16.2. The minimum Gasteiger partial charge on any atom is -0.389 e. The van der Waals surface area contributed by atoms with Crippen LogP contribution in [0, 0.1) is 0 Å². The van der Waals surface area contributed by atoms with Crippen molar-refractivity contribution in [2.45, 2.75) is 19.6 Å². The normalized spacial score (nSPS) is 12.1. The molecule has 2 aromatic heterocycles. The summed E-state index contributed by atoms with van der Waals surface area (Å²) in [5.41, 5.74) is 2.05. The van der Waals surface area contributed by atoms with E-state index in [1.54, 1.807) is 13.0 Å². The lowest BCUT2D eigenvalue weighted by molar-refractivity contribution is 0.0942. The Bertz CT molecular complexity index is 777. The maximum Gasteiger partial charge on any atom is 0.273 e. The average molecular weight is 328 g/mol. The fourth-order valence-electron chi connectivity index (χ4n) is 2.10. The Hall–Kier alpha value is -2.44. The van der Waals surface area contributed by atoms with Gasteiger partial charge in [-0.15, -0.1) is 11.3 Å². The molecular formula is C17H16N2O3S. The number of rotatable bonds is 5. The molecule has 0 aliphatic heterocycles. The average Bonchev–Trinajstić information content (AvgIpc) is 3.23. The van der Waals surface area contributed by atoms with E-state index in [9.17, 15) is 9.90 Å². The maximum atomic E-state index is 12.1. The van der Waals surface area contributed by atoms with Gasteiger partial charge < -0.3 is 14.9 Å². The fourth-order valence-corrected chi connectivity index (χ4v) is 2.78. The van der Waals surface area contributed by atoms with Crippen molar-refractivity contribution < 1.29 is 14.4 Å². The number of nitrogens with one attached hydrogen (secondary N) is 1. The number of carbonyl (C=O) groups excluding carboxylic acids is 1. The van der Waals surface area contributed by atoms with Crippen LogP contribution >= 0.6 is 11.3 Å². The second-order valence-corrected chi connectivity index (χ2v) is 6.10. The first-order chi connectivity index (χ1) is 11.1. The van der Waals surface area contributed by atoms with Crippen molar-refractivity contribution in [2.75, 3.05) is 0 Å². The molecular weight excluding hydrogens is 312 g/mol. The number of aliphatic hydroxyl groups excluding tert-OH is 1. The third-order valence-electron chi connectivity index (χ3n) is 3.42. The molecule has 5 nitrogen and oxygen atoms in total. The summed E-state index contributed by atoms with van der Waals surface area (Å²) < 4.78 is 5.20. The number of hydrogen-bond donors (Lipinski definition) is 2. The summed E-state index contributed by atoms with van der Waals surface area (Å²) in [6.07, 6.45) is -0.496. The van der Waals surface area contributed by atoms with E-state index in [1.165, 1.54) is 11.3 Å². The molecule has 0 bridgehead atoms. The van der Waals surface area contributed by atoms with Crippen molar-refractivity contribution in [3.8, 4) is 10.6 Å². The van der Waals surface area contributed by atoms with Gasteiger partial charge in [0.25, 0.3) is 5.91 Å². The van der Waals surface area contributed by atoms with E-state index in [0.717, 1.165) is 16.0 Å². The summed E-state index contributed by atoms with van der Waals surface area (Å²) in [6, 6.07) is 12.9. The predicted octanol–water partition coefficient (Wildman–Crippen LogP) is 3.39. The maximum absolute atomic E-state index is 12.1. The van der Waals surface area contributed by atoms with Gasteiger partial charge in [-0.1, -0.05) is 35.5 Å². The molecule has 1 atom stereocenters. The van der Waals surface area contributed by atoms with Crippen LogP contribution < -0.4 is 5.32 Å². The first-order valence-electron chi connectivity index (χ1n) is 7.19. The zero-order valence-corrected chi connectivity index (χ0v) is 13.3. The molecule has 2 N–H and O–H groups in total. The standard InChI is InChI=1S/C17H16N2O3S/c1-11(20)13-6-4-12(5-7-13)10-18-17(21)14-9-15(22-19-14)16-3-2-8-23-16/h2-9,11,20H,10H2,1H3,(H,18,21). The third kappa shape index (κ3) is 3.67. The lowest BCUT2D eigenvalue weighted by atomic mass is 10.1. The van der Waals surface area contributed by atoms with Crippen LogP contribution in [0.2, 0.25) is 0 Å². The third-order valence-corrected chi connectivity index (χ3v) is 4.31. The van der Waals surface area contributed by atoms with Crippen molar-refractivity contribution >= 4 is 17.2 Å². The number of carbonyl (C=O) groups is 1. The summed E-state index contributed by atoms with van der Waals surface area (Å²) in [5, 5.41) is 18.0. The van der Waals surface area contributed by atoms with Gasteiger partial charge in [0.05, 0.1) is 11.0 Å². The number of hydrogen-bond acceptors (Lipinski definition) is 5. The van der Waals surface area contributed by atoms with E-state index in [-0.39, 0.29) is 11.6 Å². The van der Waals surface area contributed by atoms with Crippen molar-refractivity contribution in [1.29, 1.82) is 0 Å². The van der Waals surface area contributed by atoms with Crippen molar-refractivity contribution in [3.05, 3.63) is 64.7 Å². The molecule has 0 radical (unpaired) electrons. The SMILES string of the molecule is CC(O)c1ccc(CNC(=O)c2cc(-c3cccs3)on2)cc1. The van der Waals surface area contributed by atoms with E-state index in [2.05, 4.69) is 10.5 Å². The number of amides is 1. The second-order valence-electron chi connectivity index (χ2n) is 5.15. The van der Waals surface area contributed by atoms with Gasteiger partial charge in [0.1, 0.15) is 0 Å². The van der Waals surface area contributed by atoms with Crippen LogP contribution in [0.1, 0.15) is 34.6 Å².